The van der Waals surface area contributed by atoms with Gasteiger partial charge in [-0.15, -0.1) is 0 Å². The van der Waals surface area contributed by atoms with E-state index in [1.165, 1.54) is 0 Å². The van der Waals surface area contributed by atoms with E-state index in [-0.39, 0.29) is 5.78 Å². The monoisotopic (exact) mass is 253 g/mol. The second-order valence-corrected chi connectivity index (χ2v) is 4.21. The van der Waals surface area contributed by atoms with Gasteiger partial charge in [0.25, 0.3) is 0 Å². The average Bonchev–Trinajstić information content (AvgIpc) is 2.64. The first-order valence-electron chi connectivity index (χ1n) is 5.06. The lowest BCUT2D eigenvalue weighted by Crippen LogP contribution is -2.24. The van der Waals surface area contributed by atoms with E-state index in [0.29, 0.717) is 16.1 Å². The molecule has 1 atom stereocenters. The Hall–Kier alpha value is -1.43. The zero-order valence-electron chi connectivity index (χ0n) is 9.48. The molecule has 6 heteroatoms. The molecule has 0 saturated carbocycles. The number of carbonyl (C=O) groups excluding carboxylic acids is 1. The molecule has 1 heterocycles. The fourth-order valence-corrected chi connectivity index (χ4v) is 1.85. The maximum Gasteiger partial charge on any atom is 0.214 e. The SMILES string of the molecule is CC(ON)C(=O)c1nn(C)c2ccc(Cl)cc12. The third kappa shape index (κ3) is 2.04. The normalized spacial score (nSPS) is 12.9. The summed E-state index contributed by atoms with van der Waals surface area (Å²) < 4.78 is 1.63. The number of hydrogen-bond donors (Lipinski definition) is 1. The minimum Gasteiger partial charge on any atom is -0.293 e. The second-order valence-electron chi connectivity index (χ2n) is 3.78. The zero-order valence-corrected chi connectivity index (χ0v) is 10.2. The molecule has 0 bridgehead atoms. The number of aromatic nitrogens is 2. The number of Topliss-reactive ketones (excluding diaryl/α,β-unsaturated/α-hetero) is 1. The molecule has 1 aromatic heterocycles. The lowest BCUT2D eigenvalue weighted by molar-refractivity contribution is 0.0474. The van der Waals surface area contributed by atoms with Crippen molar-refractivity contribution in [3.05, 3.63) is 28.9 Å². The van der Waals surface area contributed by atoms with Crippen LogP contribution in [0.25, 0.3) is 10.9 Å². The van der Waals surface area contributed by atoms with Gasteiger partial charge in [0.2, 0.25) is 5.78 Å². The number of ketones is 1. The van der Waals surface area contributed by atoms with Crippen molar-refractivity contribution < 1.29 is 9.63 Å². The lowest BCUT2D eigenvalue weighted by Gasteiger charge is -2.04. The van der Waals surface area contributed by atoms with E-state index in [1.807, 2.05) is 6.07 Å². The van der Waals surface area contributed by atoms with E-state index >= 15 is 0 Å². The zero-order chi connectivity index (χ0) is 12.6. The van der Waals surface area contributed by atoms with Crippen LogP contribution in [-0.2, 0) is 11.9 Å². The molecule has 0 radical (unpaired) electrons. The van der Waals surface area contributed by atoms with Crippen LogP contribution in [0.15, 0.2) is 18.2 Å². The molecule has 2 N–H and O–H groups in total. The summed E-state index contributed by atoms with van der Waals surface area (Å²) in [6.45, 7) is 1.58. The van der Waals surface area contributed by atoms with E-state index < -0.39 is 6.10 Å². The third-order valence-electron chi connectivity index (χ3n) is 2.62. The summed E-state index contributed by atoms with van der Waals surface area (Å²) >= 11 is 5.91. The van der Waals surface area contributed by atoms with Crippen molar-refractivity contribution in [1.82, 2.24) is 9.78 Å². The molecular formula is C11H12ClN3O2. The van der Waals surface area contributed by atoms with E-state index in [9.17, 15) is 4.79 Å². The number of aryl methyl sites for hydroxylation is 1. The van der Waals surface area contributed by atoms with Gasteiger partial charge in [0.15, 0.2) is 0 Å². The van der Waals surface area contributed by atoms with Crippen molar-refractivity contribution in [3.63, 3.8) is 0 Å². The largest absolute Gasteiger partial charge is 0.293 e. The predicted octanol–water partition coefficient (Wildman–Crippen LogP) is 1.69. The molecule has 1 unspecified atom stereocenters. The topological polar surface area (TPSA) is 70.1 Å². The number of fused-ring (bicyclic) bond motifs is 1. The van der Waals surface area contributed by atoms with Crippen molar-refractivity contribution in [2.24, 2.45) is 12.9 Å². The van der Waals surface area contributed by atoms with Crippen LogP contribution in [-0.4, -0.2) is 21.7 Å². The van der Waals surface area contributed by atoms with Crippen LogP contribution in [0.5, 0.6) is 0 Å². The highest BCUT2D eigenvalue weighted by atomic mass is 35.5. The molecule has 0 fully saturated rings. The van der Waals surface area contributed by atoms with Gasteiger partial charge in [-0.3, -0.25) is 14.3 Å². The Morgan fingerprint density at radius 1 is 1.59 bits per heavy atom. The smallest absolute Gasteiger partial charge is 0.214 e. The van der Waals surface area contributed by atoms with Crippen LogP contribution in [0.4, 0.5) is 0 Å². The molecule has 0 aliphatic heterocycles. The van der Waals surface area contributed by atoms with Gasteiger partial charge in [-0.25, -0.2) is 5.90 Å². The van der Waals surface area contributed by atoms with Crippen LogP contribution in [0.3, 0.4) is 0 Å². The number of nitrogens with two attached hydrogens (primary N) is 1. The number of hydrogen-bond acceptors (Lipinski definition) is 4. The highest BCUT2D eigenvalue weighted by molar-refractivity contribution is 6.31. The molecule has 0 spiro atoms. The second kappa shape index (κ2) is 4.44. The molecule has 2 rings (SSSR count). The summed E-state index contributed by atoms with van der Waals surface area (Å²) in [6.07, 6.45) is -0.730. The minimum atomic E-state index is -0.730. The number of nitrogens with zero attached hydrogens (tertiary/aromatic N) is 2. The van der Waals surface area contributed by atoms with Gasteiger partial charge in [-0.05, 0) is 25.1 Å². The third-order valence-corrected chi connectivity index (χ3v) is 2.85. The number of carbonyl (C=O) groups is 1. The van der Waals surface area contributed by atoms with Crippen LogP contribution in [0, 0.1) is 0 Å². The fourth-order valence-electron chi connectivity index (χ4n) is 1.67. The molecule has 1 aromatic carbocycles. The van der Waals surface area contributed by atoms with Gasteiger partial charge >= 0.3 is 0 Å². The molecule has 90 valence electrons. The summed E-state index contributed by atoms with van der Waals surface area (Å²) in [5, 5.41) is 5.43. The highest BCUT2D eigenvalue weighted by Gasteiger charge is 2.21. The van der Waals surface area contributed by atoms with Crippen LogP contribution >= 0.6 is 11.6 Å². The van der Waals surface area contributed by atoms with Gasteiger partial charge in [-0.2, -0.15) is 5.10 Å². The summed E-state index contributed by atoms with van der Waals surface area (Å²) in [6, 6.07) is 5.28. The summed E-state index contributed by atoms with van der Waals surface area (Å²) in [5.74, 6) is 4.75. The van der Waals surface area contributed by atoms with E-state index in [4.69, 9.17) is 17.5 Å². The van der Waals surface area contributed by atoms with Crippen molar-refractivity contribution >= 4 is 28.3 Å². The molecule has 0 amide bonds. The summed E-state index contributed by atoms with van der Waals surface area (Å²) in [5.41, 5.74) is 1.16. The first-order valence-corrected chi connectivity index (χ1v) is 5.44. The minimum absolute atomic E-state index is 0.264. The molecule has 17 heavy (non-hydrogen) atoms. The quantitative estimate of drug-likeness (QED) is 0.668. The first-order chi connectivity index (χ1) is 8.04. The first kappa shape index (κ1) is 12.0. The van der Waals surface area contributed by atoms with Crippen LogP contribution < -0.4 is 5.90 Å². The Morgan fingerprint density at radius 2 is 2.29 bits per heavy atom. The molecule has 0 saturated heterocycles. The average molecular weight is 254 g/mol. The Kier molecular flexibility index (Phi) is 3.15. The van der Waals surface area contributed by atoms with Crippen LogP contribution in [0.1, 0.15) is 17.4 Å². The Morgan fingerprint density at radius 3 is 2.94 bits per heavy atom. The van der Waals surface area contributed by atoms with Crippen molar-refractivity contribution in [2.75, 3.05) is 0 Å². The Bertz CT molecular complexity index is 579. The molecule has 0 aliphatic carbocycles. The molecule has 2 aromatic rings. The summed E-state index contributed by atoms with van der Waals surface area (Å²) in [7, 11) is 1.76. The van der Waals surface area contributed by atoms with E-state index in [0.717, 1.165) is 5.52 Å². The van der Waals surface area contributed by atoms with Gasteiger partial charge in [0, 0.05) is 17.5 Å². The molecular weight excluding hydrogens is 242 g/mol. The summed E-state index contributed by atoms with van der Waals surface area (Å²) in [4.78, 5) is 16.5. The van der Waals surface area contributed by atoms with Crippen molar-refractivity contribution in [1.29, 1.82) is 0 Å². The van der Waals surface area contributed by atoms with Gasteiger partial charge in [0.1, 0.15) is 11.8 Å². The predicted molar refractivity (Wildman–Crippen MR) is 64.8 cm³/mol. The Balaban J connectivity index is 2.62. The van der Waals surface area contributed by atoms with Crippen molar-refractivity contribution in [3.8, 4) is 0 Å². The lowest BCUT2D eigenvalue weighted by atomic mass is 10.1. The molecule has 0 aliphatic rings. The van der Waals surface area contributed by atoms with Crippen molar-refractivity contribution in [2.45, 2.75) is 13.0 Å². The van der Waals surface area contributed by atoms with E-state index in [1.54, 1.807) is 30.8 Å². The number of benzene rings is 1. The maximum absolute atomic E-state index is 12.0. The highest BCUT2D eigenvalue weighted by Crippen LogP contribution is 2.23. The van der Waals surface area contributed by atoms with Gasteiger partial charge in [0.05, 0.1) is 5.52 Å². The Labute approximate surface area is 103 Å². The maximum atomic E-state index is 12.0. The molecule has 5 nitrogen and oxygen atoms in total. The number of rotatable bonds is 3. The van der Waals surface area contributed by atoms with Gasteiger partial charge in [-0.1, -0.05) is 11.6 Å². The number of halogens is 1. The van der Waals surface area contributed by atoms with Gasteiger partial charge < -0.3 is 0 Å². The standard InChI is InChI=1S/C11H12ClN3O2/c1-6(17-13)11(16)10-8-5-7(12)3-4-9(8)15(2)14-10/h3-6H,13H2,1-2H3. The van der Waals surface area contributed by atoms with E-state index in [2.05, 4.69) is 9.94 Å². The fraction of sp³-hybridized carbons (Fsp3) is 0.273. The van der Waals surface area contributed by atoms with Crippen LogP contribution in [0.2, 0.25) is 5.02 Å².